The number of rotatable bonds is 7. The number of amides is 1. The third kappa shape index (κ3) is 5.64. The van der Waals surface area contributed by atoms with Crippen molar-refractivity contribution in [2.45, 2.75) is 6.42 Å². The third-order valence-electron chi connectivity index (χ3n) is 2.92. The number of nitrogens with zero attached hydrogens (tertiary/aromatic N) is 1. The third-order valence-corrected chi connectivity index (χ3v) is 4.93. The Morgan fingerprint density at radius 3 is 2.67 bits per heavy atom. The van der Waals surface area contributed by atoms with Gasteiger partial charge < -0.3 is 10.1 Å². The van der Waals surface area contributed by atoms with E-state index in [2.05, 4.69) is 21.2 Å². The van der Waals surface area contributed by atoms with Crippen molar-refractivity contribution in [3.8, 4) is 5.75 Å². The second-order valence-electron chi connectivity index (χ2n) is 4.54. The molecule has 0 aromatic heterocycles. The van der Waals surface area contributed by atoms with Gasteiger partial charge in [0, 0.05) is 24.6 Å². The summed E-state index contributed by atoms with van der Waals surface area (Å²) in [6, 6.07) is 5.13. The molecular weight excluding hydrogens is 360 g/mol. The molecule has 8 heteroatoms. The fraction of sp³-hybridized carbons (Fsp3) is 0.462. The summed E-state index contributed by atoms with van der Waals surface area (Å²) in [6.07, 6.45) is 1.69. The highest BCUT2D eigenvalue weighted by molar-refractivity contribution is 9.10. The highest BCUT2D eigenvalue weighted by Gasteiger charge is 2.12. The van der Waals surface area contributed by atoms with E-state index in [4.69, 9.17) is 4.74 Å². The molecule has 1 amide bonds. The van der Waals surface area contributed by atoms with Crippen molar-refractivity contribution in [3.05, 3.63) is 28.2 Å². The Kier molecular flexibility index (Phi) is 6.63. The average Bonchev–Trinajstić information content (AvgIpc) is 2.42. The molecule has 0 atom stereocenters. The Labute approximate surface area is 133 Å². The number of ether oxygens (including phenoxy) is 1. The minimum Gasteiger partial charge on any atom is -0.497 e. The van der Waals surface area contributed by atoms with Gasteiger partial charge in [0.25, 0.3) is 5.91 Å². The molecule has 0 aliphatic carbocycles. The Morgan fingerprint density at radius 1 is 1.43 bits per heavy atom. The molecule has 0 fully saturated rings. The van der Waals surface area contributed by atoms with Gasteiger partial charge in [-0.2, -0.15) is 0 Å². The SMILES string of the molecule is COc1ccc(Br)c(C(=O)NCCCN(C)S(C)(=O)=O)c1. The topological polar surface area (TPSA) is 75.7 Å². The Morgan fingerprint density at radius 2 is 2.10 bits per heavy atom. The van der Waals surface area contributed by atoms with Gasteiger partial charge >= 0.3 is 0 Å². The summed E-state index contributed by atoms with van der Waals surface area (Å²) in [5.74, 6) is 0.364. The average molecular weight is 379 g/mol. The van der Waals surface area contributed by atoms with Crippen molar-refractivity contribution >= 4 is 31.9 Å². The molecule has 0 unspecified atom stereocenters. The van der Waals surface area contributed by atoms with Gasteiger partial charge in [0.2, 0.25) is 10.0 Å². The van der Waals surface area contributed by atoms with Crippen LogP contribution in [0.1, 0.15) is 16.8 Å². The van der Waals surface area contributed by atoms with Crippen LogP contribution in [0.3, 0.4) is 0 Å². The van der Waals surface area contributed by atoms with E-state index in [9.17, 15) is 13.2 Å². The molecule has 1 aromatic rings. The van der Waals surface area contributed by atoms with Crippen molar-refractivity contribution in [2.75, 3.05) is 33.5 Å². The summed E-state index contributed by atoms with van der Waals surface area (Å²) in [5, 5.41) is 2.75. The zero-order valence-electron chi connectivity index (χ0n) is 12.2. The van der Waals surface area contributed by atoms with Gasteiger partial charge in [0.05, 0.1) is 18.9 Å². The van der Waals surface area contributed by atoms with Crippen LogP contribution in [-0.4, -0.2) is 52.1 Å². The second kappa shape index (κ2) is 7.77. The van der Waals surface area contributed by atoms with Crippen LogP contribution in [0.5, 0.6) is 5.75 Å². The molecule has 0 heterocycles. The Bertz CT molecular complexity index is 604. The van der Waals surface area contributed by atoms with Crippen LogP contribution in [0.15, 0.2) is 22.7 Å². The first-order valence-electron chi connectivity index (χ1n) is 6.28. The fourth-order valence-corrected chi connectivity index (χ4v) is 2.46. The van der Waals surface area contributed by atoms with E-state index in [1.165, 1.54) is 18.5 Å². The van der Waals surface area contributed by atoms with Gasteiger partial charge in [-0.3, -0.25) is 4.79 Å². The normalized spacial score (nSPS) is 11.5. The number of hydrogen-bond acceptors (Lipinski definition) is 4. The molecule has 0 aliphatic heterocycles. The quantitative estimate of drug-likeness (QED) is 0.728. The van der Waals surface area contributed by atoms with Crippen molar-refractivity contribution in [1.29, 1.82) is 0 Å². The van der Waals surface area contributed by atoms with Crippen LogP contribution in [0.2, 0.25) is 0 Å². The zero-order valence-corrected chi connectivity index (χ0v) is 14.6. The minimum atomic E-state index is -3.17. The number of hydrogen-bond donors (Lipinski definition) is 1. The first-order chi connectivity index (χ1) is 9.75. The molecule has 1 rings (SSSR count). The number of methoxy groups -OCH3 is 1. The van der Waals surface area contributed by atoms with Gasteiger partial charge in [-0.25, -0.2) is 12.7 Å². The van der Waals surface area contributed by atoms with E-state index in [1.807, 2.05) is 0 Å². The van der Waals surface area contributed by atoms with Crippen molar-refractivity contribution < 1.29 is 17.9 Å². The Hall–Kier alpha value is -1.12. The maximum absolute atomic E-state index is 12.0. The van der Waals surface area contributed by atoms with E-state index in [0.29, 0.717) is 35.3 Å². The molecule has 1 aromatic carbocycles. The molecule has 118 valence electrons. The van der Waals surface area contributed by atoms with E-state index in [1.54, 1.807) is 18.2 Å². The van der Waals surface area contributed by atoms with E-state index >= 15 is 0 Å². The number of carbonyl (C=O) groups excluding carboxylic acids is 1. The molecule has 0 radical (unpaired) electrons. The first kappa shape index (κ1) is 17.9. The molecule has 0 aliphatic rings. The zero-order chi connectivity index (χ0) is 16.0. The van der Waals surface area contributed by atoms with Crippen LogP contribution in [0.4, 0.5) is 0 Å². The second-order valence-corrected chi connectivity index (χ2v) is 7.48. The summed E-state index contributed by atoms with van der Waals surface area (Å²) in [6.45, 7) is 0.751. The van der Waals surface area contributed by atoms with Crippen LogP contribution >= 0.6 is 15.9 Å². The molecular formula is C13H19BrN2O4S. The lowest BCUT2D eigenvalue weighted by Crippen LogP contribution is -2.31. The molecule has 6 nitrogen and oxygen atoms in total. The largest absolute Gasteiger partial charge is 0.497 e. The lowest BCUT2D eigenvalue weighted by Gasteiger charge is -2.14. The van der Waals surface area contributed by atoms with Gasteiger partial charge in [0.1, 0.15) is 5.75 Å². The predicted molar refractivity (Wildman–Crippen MR) is 85.1 cm³/mol. The van der Waals surface area contributed by atoms with E-state index in [0.717, 1.165) is 6.26 Å². The lowest BCUT2D eigenvalue weighted by atomic mass is 10.2. The van der Waals surface area contributed by atoms with Gasteiger partial charge in [-0.05, 0) is 40.5 Å². The number of halogens is 1. The number of nitrogens with one attached hydrogen (secondary N) is 1. The van der Waals surface area contributed by atoms with Crippen molar-refractivity contribution in [1.82, 2.24) is 9.62 Å². The number of sulfonamides is 1. The monoisotopic (exact) mass is 378 g/mol. The van der Waals surface area contributed by atoms with Gasteiger partial charge in [-0.15, -0.1) is 0 Å². The first-order valence-corrected chi connectivity index (χ1v) is 8.93. The molecule has 0 spiro atoms. The summed E-state index contributed by atoms with van der Waals surface area (Å²) < 4.78 is 29.4. The van der Waals surface area contributed by atoms with Crippen LogP contribution in [-0.2, 0) is 10.0 Å². The molecule has 1 N–H and O–H groups in total. The van der Waals surface area contributed by atoms with Crippen molar-refractivity contribution in [2.24, 2.45) is 0 Å². The number of carbonyl (C=O) groups is 1. The van der Waals surface area contributed by atoms with Crippen LogP contribution < -0.4 is 10.1 Å². The molecule has 0 saturated heterocycles. The molecule has 21 heavy (non-hydrogen) atoms. The molecule has 0 bridgehead atoms. The number of benzene rings is 1. The predicted octanol–water partition coefficient (Wildman–Crippen LogP) is 1.47. The lowest BCUT2D eigenvalue weighted by molar-refractivity contribution is 0.0951. The summed E-state index contributed by atoms with van der Waals surface area (Å²) in [4.78, 5) is 12.0. The fourth-order valence-electron chi connectivity index (χ4n) is 1.57. The van der Waals surface area contributed by atoms with Crippen LogP contribution in [0.25, 0.3) is 0 Å². The summed E-state index contributed by atoms with van der Waals surface area (Å²) in [5.41, 5.74) is 0.478. The maximum Gasteiger partial charge on any atom is 0.252 e. The molecule has 0 saturated carbocycles. The summed E-state index contributed by atoms with van der Waals surface area (Å²) in [7, 11) is -0.131. The Balaban J connectivity index is 2.51. The van der Waals surface area contributed by atoms with E-state index < -0.39 is 10.0 Å². The van der Waals surface area contributed by atoms with E-state index in [-0.39, 0.29) is 5.91 Å². The van der Waals surface area contributed by atoms with Gasteiger partial charge in [0.15, 0.2) is 0 Å². The van der Waals surface area contributed by atoms with Crippen LogP contribution in [0, 0.1) is 0 Å². The standard InChI is InChI=1S/C13H19BrN2O4S/c1-16(21(3,18)19)8-4-7-15-13(17)11-9-10(20-2)5-6-12(11)14/h5-6,9H,4,7-8H2,1-3H3,(H,15,17). The maximum atomic E-state index is 12.0. The smallest absolute Gasteiger partial charge is 0.252 e. The summed E-state index contributed by atoms with van der Waals surface area (Å²) >= 11 is 3.31. The van der Waals surface area contributed by atoms with Gasteiger partial charge in [-0.1, -0.05) is 0 Å². The van der Waals surface area contributed by atoms with Crippen molar-refractivity contribution in [3.63, 3.8) is 0 Å². The highest BCUT2D eigenvalue weighted by atomic mass is 79.9. The highest BCUT2D eigenvalue weighted by Crippen LogP contribution is 2.22. The minimum absolute atomic E-state index is 0.234.